The van der Waals surface area contributed by atoms with Gasteiger partial charge in [-0.3, -0.25) is 0 Å². The first-order valence-corrected chi connectivity index (χ1v) is 9.01. The molecule has 122 valence electrons. The van der Waals surface area contributed by atoms with Crippen LogP contribution in [0.25, 0.3) is 22.3 Å². The van der Waals surface area contributed by atoms with Crippen molar-refractivity contribution in [3.63, 3.8) is 0 Å². The van der Waals surface area contributed by atoms with E-state index in [1.165, 1.54) is 44.5 Å². The highest BCUT2D eigenvalue weighted by Gasteiger charge is 2.51. The van der Waals surface area contributed by atoms with Crippen molar-refractivity contribution in [3.05, 3.63) is 113 Å². The maximum Gasteiger partial charge on any atom is 0.0726 e. The van der Waals surface area contributed by atoms with Gasteiger partial charge in [0.05, 0.1) is 5.41 Å². The third-order valence-electron chi connectivity index (χ3n) is 6.02. The van der Waals surface area contributed by atoms with Crippen LogP contribution in [-0.2, 0) is 5.41 Å². The predicted octanol–water partition coefficient (Wildman–Crippen LogP) is 5.61. The summed E-state index contributed by atoms with van der Waals surface area (Å²) in [7, 11) is 0. The zero-order chi connectivity index (χ0) is 17.3. The van der Waals surface area contributed by atoms with Crippen LogP contribution in [0.4, 0.5) is 5.69 Å². The quantitative estimate of drug-likeness (QED) is 0.360. The Kier molecular flexibility index (Phi) is 2.49. The highest BCUT2D eigenvalue weighted by Crippen LogP contribution is 2.62. The molecule has 0 fully saturated rings. The summed E-state index contributed by atoms with van der Waals surface area (Å²) in [6.07, 6.45) is 0. The lowest BCUT2D eigenvalue weighted by Gasteiger charge is -2.30. The monoisotopic (exact) mass is 331 g/mol. The van der Waals surface area contributed by atoms with E-state index in [-0.39, 0.29) is 5.41 Å². The molecule has 0 unspecified atom stereocenters. The van der Waals surface area contributed by atoms with Crippen LogP contribution in [0.15, 0.2) is 91.0 Å². The minimum absolute atomic E-state index is 0.269. The molecule has 4 aromatic carbocycles. The Labute approximate surface area is 152 Å². The molecule has 6 rings (SSSR count). The molecule has 2 aliphatic rings. The van der Waals surface area contributed by atoms with Crippen molar-refractivity contribution in [3.8, 4) is 22.3 Å². The first kappa shape index (κ1) is 13.9. The van der Waals surface area contributed by atoms with Crippen LogP contribution in [0.3, 0.4) is 0 Å². The van der Waals surface area contributed by atoms with Gasteiger partial charge in [0.25, 0.3) is 0 Å². The molecule has 0 amide bonds. The van der Waals surface area contributed by atoms with Crippen molar-refractivity contribution in [1.29, 1.82) is 0 Å². The average Bonchev–Trinajstić information content (AvgIpc) is 3.15. The van der Waals surface area contributed by atoms with E-state index in [0.29, 0.717) is 0 Å². The van der Waals surface area contributed by atoms with Gasteiger partial charge in [-0.1, -0.05) is 78.9 Å². The van der Waals surface area contributed by atoms with Crippen LogP contribution in [0, 0.1) is 0 Å². The summed E-state index contributed by atoms with van der Waals surface area (Å²) in [6, 6.07) is 32.8. The van der Waals surface area contributed by atoms with Gasteiger partial charge in [-0.15, -0.1) is 0 Å². The highest BCUT2D eigenvalue weighted by molar-refractivity contribution is 5.95. The molecular weight excluding hydrogens is 314 g/mol. The average molecular weight is 331 g/mol. The lowest BCUT2D eigenvalue weighted by molar-refractivity contribution is 0.794. The zero-order valence-corrected chi connectivity index (χ0v) is 14.2. The second-order valence-electron chi connectivity index (χ2n) is 7.19. The molecule has 0 saturated carbocycles. The van der Waals surface area contributed by atoms with E-state index in [2.05, 4.69) is 84.9 Å². The van der Waals surface area contributed by atoms with Gasteiger partial charge < -0.3 is 5.73 Å². The molecule has 1 nitrogen and oxygen atoms in total. The molecule has 0 aliphatic heterocycles. The van der Waals surface area contributed by atoms with Crippen molar-refractivity contribution >= 4 is 5.69 Å². The van der Waals surface area contributed by atoms with Gasteiger partial charge in [-0.05, 0) is 56.6 Å². The Morgan fingerprint density at radius 2 is 0.885 bits per heavy atom. The van der Waals surface area contributed by atoms with E-state index in [9.17, 15) is 0 Å². The van der Waals surface area contributed by atoms with Gasteiger partial charge in [-0.2, -0.15) is 0 Å². The van der Waals surface area contributed by atoms with E-state index >= 15 is 0 Å². The first-order chi connectivity index (χ1) is 12.8. The van der Waals surface area contributed by atoms with Crippen LogP contribution in [-0.4, -0.2) is 0 Å². The highest BCUT2D eigenvalue weighted by atomic mass is 14.6. The summed E-state index contributed by atoms with van der Waals surface area (Å²) in [5.74, 6) is 0. The molecule has 0 aromatic heterocycles. The van der Waals surface area contributed by atoms with Gasteiger partial charge >= 0.3 is 0 Å². The smallest absolute Gasteiger partial charge is 0.0726 e. The molecule has 0 heterocycles. The Hall–Kier alpha value is -3.32. The molecule has 2 N–H and O–H groups in total. The fourth-order valence-electron chi connectivity index (χ4n) is 5.11. The molecule has 0 bridgehead atoms. The maximum atomic E-state index is 6.26. The first-order valence-electron chi connectivity index (χ1n) is 9.01. The molecular formula is C25H17N. The summed E-state index contributed by atoms with van der Waals surface area (Å²) < 4.78 is 0. The Morgan fingerprint density at radius 1 is 0.462 bits per heavy atom. The van der Waals surface area contributed by atoms with E-state index in [4.69, 9.17) is 5.73 Å². The summed E-state index contributed by atoms with van der Waals surface area (Å²) >= 11 is 0. The second kappa shape index (κ2) is 4.64. The van der Waals surface area contributed by atoms with Gasteiger partial charge in [0, 0.05) is 5.69 Å². The van der Waals surface area contributed by atoms with E-state index in [1.807, 2.05) is 6.07 Å². The molecule has 26 heavy (non-hydrogen) atoms. The number of anilines is 1. The molecule has 1 heteroatoms. The summed E-state index contributed by atoms with van der Waals surface area (Å²) in [4.78, 5) is 0. The summed E-state index contributed by atoms with van der Waals surface area (Å²) in [6.45, 7) is 0. The third-order valence-corrected chi connectivity index (χ3v) is 6.02. The number of benzene rings is 4. The number of rotatable bonds is 0. The number of nitrogens with two attached hydrogens (primary N) is 1. The largest absolute Gasteiger partial charge is 0.399 e. The second-order valence-corrected chi connectivity index (χ2v) is 7.19. The minimum Gasteiger partial charge on any atom is -0.399 e. The van der Waals surface area contributed by atoms with Crippen molar-refractivity contribution in [1.82, 2.24) is 0 Å². The molecule has 1 spiro atoms. The number of fused-ring (bicyclic) bond motifs is 10. The number of nitrogen functional groups attached to an aromatic ring is 1. The number of hydrogen-bond acceptors (Lipinski definition) is 1. The van der Waals surface area contributed by atoms with Gasteiger partial charge in [0.15, 0.2) is 0 Å². The zero-order valence-electron chi connectivity index (χ0n) is 14.2. The Bertz CT molecular complexity index is 1140. The van der Waals surface area contributed by atoms with E-state index < -0.39 is 0 Å². The minimum atomic E-state index is -0.269. The van der Waals surface area contributed by atoms with Crippen molar-refractivity contribution in [2.45, 2.75) is 5.41 Å². The standard InChI is InChI=1S/C25H17N/c26-16-13-14-20-19-9-3-6-12-23(19)25(24(20)15-16)21-10-4-1-7-17(21)18-8-2-5-11-22(18)25/h1-15H,26H2. The third kappa shape index (κ3) is 1.44. The van der Waals surface area contributed by atoms with E-state index in [0.717, 1.165) is 5.69 Å². The van der Waals surface area contributed by atoms with E-state index in [1.54, 1.807) is 0 Å². The fourth-order valence-corrected chi connectivity index (χ4v) is 5.11. The topological polar surface area (TPSA) is 26.0 Å². The van der Waals surface area contributed by atoms with Gasteiger partial charge in [0.1, 0.15) is 0 Å². The molecule has 4 aromatic rings. The van der Waals surface area contributed by atoms with Gasteiger partial charge in [0.2, 0.25) is 0 Å². The van der Waals surface area contributed by atoms with Crippen LogP contribution >= 0.6 is 0 Å². The Morgan fingerprint density at radius 3 is 1.38 bits per heavy atom. The van der Waals surface area contributed by atoms with Crippen LogP contribution < -0.4 is 5.73 Å². The SMILES string of the molecule is Nc1ccc2c(c1)C1(c3ccccc3-c3ccccc31)c1ccccc1-2. The van der Waals surface area contributed by atoms with Crippen molar-refractivity contribution in [2.75, 3.05) is 5.73 Å². The van der Waals surface area contributed by atoms with Crippen LogP contribution in [0.2, 0.25) is 0 Å². The van der Waals surface area contributed by atoms with Crippen molar-refractivity contribution < 1.29 is 0 Å². The lowest BCUT2D eigenvalue weighted by atomic mass is 9.70. The molecule has 2 aliphatic carbocycles. The molecule has 0 saturated heterocycles. The predicted molar refractivity (Wildman–Crippen MR) is 107 cm³/mol. The number of hydrogen-bond donors (Lipinski definition) is 1. The fraction of sp³-hybridized carbons (Fsp3) is 0.0400. The maximum absolute atomic E-state index is 6.26. The summed E-state index contributed by atoms with van der Waals surface area (Å²) in [5.41, 5.74) is 17.4. The van der Waals surface area contributed by atoms with Gasteiger partial charge in [-0.25, -0.2) is 0 Å². The van der Waals surface area contributed by atoms with Crippen molar-refractivity contribution in [2.24, 2.45) is 0 Å². The normalized spacial score (nSPS) is 14.6. The van der Waals surface area contributed by atoms with Crippen LogP contribution in [0.5, 0.6) is 0 Å². The summed E-state index contributed by atoms with van der Waals surface area (Å²) in [5, 5.41) is 0. The molecule has 0 radical (unpaired) electrons. The Balaban J connectivity index is 1.88. The van der Waals surface area contributed by atoms with Crippen LogP contribution in [0.1, 0.15) is 22.3 Å². The molecule has 0 atom stereocenters. The lowest BCUT2D eigenvalue weighted by Crippen LogP contribution is -2.25.